The predicted molar refractivity (Wildman–Crippen MR) is 172 cm³/mol. The fourth-order valence-electron chi connectivity index (χ4n) is 4.92. The molecule has 0 unspecified atom stereocenters. The van der Waals surface area contributed by atoms with Crippen LogP contribution in [0, 0.1) is 6.92 Å². The average molecular weight is 579 g/mol. The molecule has 0 bridgehead atoms. The van der Waals surface area contributed by atoms with Crippen molar-refractivity contribution in [3.8, 4) is 22.9 Å². The molecule has 0 aliphatic heterocycles. The van der Waals surface area contributed by atoms with Crippen molar-refractivity contribution in [2.24, 2.45) is 0 Å². The summed E-state index contributed by atoms with van der Waals surface area (Å²) < 4.78 is 19.0. The summed E-state index contributed by atoms with van der Waals surface area (Å²) in [5.41, 5.74) is 4.38. The number of hydrogen-bond acceptors (Lipinski definition) is 5. The third kappa shape index (κ3) is 6.59. The normalized spacial score (nSPS) is 11.3. The minimum Gasteiger partial charge on any atom is -0.493 e. The molecule has 8 nitrogen and oxygen atoms in total. The van der Waals surface area contributed by atoms with E-state index in [1.165, 1.54) is 0 Å². The Labute approximate surface area is 252 Å². The standard InChI is InChI=1S/C35H38N4O4/c1-23-14-16-25(17-15-23)39-32(22-31(38-39)35(2,3)4)37-34(40)36-28-18-19-29(27-12-8-7-11-26(27)28)43-21-20-24-10-9-13-30(41-5)33(24)42-6/h7-19,22H,20-21H2,1-6H3,(H2,36,37,40). The summed E-state index contributed by atoms with van der Waals surface area (Å²) in [4.78, 5) is 13.3. The second-order valence-corrected chi connectivity index (χ2v) is 11.4. The molecular formula is C35H38N4O4. The number of methoxy groups -OCH3 is 2. The molecule has 5 rings (SSSR count). The Balaban J connectivity index is 1.34. The highest BCUT2D eigenvalue weighted by Crippen LogP contribution is 2.34. The van der Waals surface area contributed by atoms with Gasteiger partial charge in [-0.3, -0.25) is 5.32 Å². The van der Waals surface area contributed by atoms with E-state index >= 15 is 0 Å². The SMILES string of the molecule is COc1cccc(CCOc2ccc(NC(=O)Nc3cc(C(C)(C)C)nn3-c3ccc(C)cc3)c3ccccc23)c1OC. The number of nitrogens with zero attached hydrogens (tertiary/aromatic N) is 2. The summed E-state index contributed by atoms with van der Waals surface area (Å²) in [6.07, 6.45) is 0.641. The van der Waals surface area contributed by atoms with Gasteiger partial charge in [0.15, 0.2) is 11.5 Å². The molecule has 0 aliphatic rings. The fraction of sp³-hybridized carbons (Fsp3) is 0.257. The van der Waals surface area contributed by atoms with Crippen LogP contribution in [0.3, 0.4) is 0 Å². The molecule has 43 heavy (non-hydrogen) atoms. The van der Waals surface area contributed by atoms with Gasteiger partial charge < -0.3 is 19.5 Å². The molecule has 2 amide bonds. The molecule has 222 valence electrons. The minimum atomic E-state index is -0.363. The largest absolute Gasteiger partial charge is 0.493 e. The zero-order valence-corrected chi connectivity index (χ0v) is 25.5. The topological polar surface area (TPSA) is 86.6 Å². The Hall–Kier alpha value is -4.98. The summed E-state index contributed by atoms with van der Waals surface area (Å²) in [6.45, 7) is 8.78. The van der Waals surface area contributed by atoms with Crippen LogP contribution in [0.15, 0.2) is 84.9 Å². The lowest BCUT2D eigenvalue weighted by molar-refractivity contribution is 0.262. The van der Waals surface area contributed by atoms with Gasteiger partial charge in [0.2, 0.25) is 0 Å². The van der Waals surface area contributed by atoms with E-state index < -0.39 is 0 Å². The molecule has 1 heterocycles. The number of urea groups is 1. The van der Waals surface area contributed by atoms with Crippen LogP contribution in [0.5, 0.6) is 17.2 Å². The lowest BCUT2D eigenvalue weighted by atomic mass is 9.92. The molecule has 0 atom stereocenters. The van der Waals surface area contributed by atoms with E-state index in [0.29, 0.717) is 36.0 Å². The molecule has 1 aromatic heterocycles. The van der Waals surface area contributed by atoms with E-state index in [0.717, 1.165) is 39.0 Å². The summed E-state index contributed by atoms with van der Waals surface area (Å²) in [5.74, 6) is 2.72. The lowest BCUT2D eigenvalue weighted by Crippen LogP contribution is -2.21. The van der Waals surface area contributed by atoms with Gasteiger partial charge >= 0.3 is 6.03 Å². The molecule has 8 heteroatoms. The first-order valence-corrected chi connectivity index (χ1v) is 14.3. The molecule has 4 aromatic carbocycles. The maximum atomic E-state index is 13.3. The number of ether oxygens (including phenoxy) is 3. The van der Waals surface area contributed by atoms with Gasteiger partial charge in [-0.25, -0.2) is 9.48 Å². The van der Waals surface area contributed by atoms with Crippen molar-refractivity contribution in [2.75, 3.05) is 31.5 Å². The van der Waals surface area contributed by atoms with Gasteiger partial charge in [0.05, 0.1) is 37.9 Å². The first-order valence-electron chi connectivity index (χ1n) is 14.3. The first-order chi connectivity index (χ1) is 20.7. The van der Waals surface area contributed by atoms with E-state index in [4.69, 9.17) is 19.3 Å². The highest BCUT2D eigenvalue weighted by atomic mass is 16.5. The van der Waals surface area contributed by atoms with E-state index in [2.05, 4.69) is 31.4 Å². The fourth-order valence-corrected chi connectivity index (χ4v) is 4.92. The average Bonchev–Trinajstić information content (AvgIpc) is 3.42. The third-order valence-electron chi connectivity index (χ3n) is 7.24. The summed E-state index contributed by atoms with van der Waals surface area (Å²) in [6, 6.07) is 27.0. The number of anilines is 2. The van der Waals surface area contributed by atoms with Gasteiger partial charge in [-0.2, -0.15) is 5.10 Å². The van der Waals surface area contributed by atoms with E-state index in [1.807, 2.05) is 91.9 Å². The molecule has 0 saturated carbocycles. The van der Waals surface area contributed by atoms with E-state index in [9.17, 15) is 4.79 Å². The molecule has 5 aromatic rings. The molecule has 0 radical (unpaired) electrons. The number of aromatic nitrogens is 2. The second kappa shape index (κ2) is 12.5. The maximum Gasteiger partial charge on any atom is 0.324 e. The van der Waals surface area contributed by atoms with Gasteiger partial charge in [0, 0.05) is 34.2 Å². The minimum absolute atomic E-state index is 0.188. The number of para-hydroxylation sites is 1. The monoisotopic (exact) mass is 578 g/mol. The maximum absolute atomic E-state index is 13.3. The summed E-state index contributed by atoms with van der Waals surface area (Å²) in [7, 11) is 3.26. The Morgan fingerprint density at radius 3 is 2.28 bits per heavy atom. The van der Waals surface area contributed by atoms with Crippen molar-refractivity contribution >= 4 is 28.3 Å². The Morgan fingerprint density at radius 2 is 1.58 bits per heavy atom. The number of aryl methyl sites for hydroxylation is 1. The molecule has 0 aliphatic carbocycles. The van der Waals surface area contributed by atoms with E-state index in [-0.39, 0.29) is 11.4 Å². The molecular weight excluding hydrogens is 540 g/mol. The number of nitrogens with one attached hydrogen (secondary N) is 2. The summed E-state index contributed by atoms with van der Waals surface area (Å²) >= 11 is 0. The number of hydrogen-bond donors (Lipinski definition) is 2. The van der Waals surface area contributed by atoms with Gasteiger partial charge in [0.25, 0.3) is 0 Å². The Kier molecular flexibility index (Phi) is 8.57. The summed E-state index contributed by atoms with van der Waals surface area (Å²) in [5, 5.41) is 12.6. The zero-order chi connectivity index (χ0) is 30.6. The van der Waals surface area contributed by atoms with Gasteiger partial charge in [-0.15, -0.1) is 0 Å². The van der Waals surface area contributed by atoms with E-state index in [1.54, 1.807) is 18.9 Å². The Morgan fingerprint density at radius 1 is 0.837 bits per heavy atom. The number of amides is 2. The quantitative estimate of drug-likeness (QED) is 0.186. The first kappa shape index (κ1) is 29.5. The van der Waals surface area contributed by atoms with Gasteiger partial charge in [-0.1, -0.05) is 74.9 Å². The number of carbonyl (C=O) groups is 1. The van der Waals surface area contributed by atoms with Crippen molar-refractivity contribution in [2.45, 2.75) is 39.5 Å². The van der Waals surface area contributed by atoms with Crippen LogP contribution < -0.4 is 24.8 Å². The van der Waals surface area contributed by atoms with Crippen molar-refractivity contribution in [1.82, 2.24) is 9.78 Å². The van der Waals surface area contributed by atoms with Crippen LogP contribution in [0.1, 0.15) is 37.6 Å². The second-order valence-electron chi connectivity index (χ2n) is 11.4. The Bertz CT molecular complexity index is 1740. The molecule has 2 N–H and O–H groups in total. The smallest absolute Gasteiger partial charge is 0.324 e. The van der Waals surface area contributed by atoms with Gasteiger partial charge in [0.1, 0.15) is 11.6 Å². The predicted octanol–water partition coefficient (Wildman–Crippen LogP) is 7.91. The van der Waals surface area contributed by atoms with Crippen molar-refractivity contribution in [3.05, 3.63) is 102 Å². The number of benzene rings is 4. The number of rotatable bonds is 9. The molecule has 0 saturated heterocycles. The van der Waals surface area contributed by atoms with Crippen LogP contribution >= 0.6 is 0 Å². The lowest BCUT2D eigenvalue weighted by Gasteiger charge is -2.15. The van der Waals surface area contributed by atoms with Gasteiger partial charge in [-0.05, 0) is 37.3 Å². The van der Waals surface area contributed by atoms with Crippen LogP contribution in [0.2, 0.25) is 0 Å². The van der Waals surface area contributed by atoms with Crippen molar-refractivity contribution in [1.29, 1.82) is 0 Å². The van der Waals surface area contributed by atoms with Crippen LogP contribution in [0.25, 0.3) is 16.5 Å². The number of carbonyl (C=O) groups excluding carboxylic acids is 1. The van der Waals surface area contributed by atoms with Crippen molar-refractivity contribution in [3.63, 3.8) is 0 Å². The zero-order valence-electron chi connectivity index (χ0n) is 25.5. The third-order valence-corrected chi connectivity index (χ3v) is 7.24. The highest BCUT2D eigenvalue weighted by molar-refractivity contribution is 6.07. The molecule has 0 fully saturated rings. The molecule has 0 spiro atoms. The number of fused-ring (bicyclic) bond motifs is 1. The van der Waals surface area contributed by atoms with Crippen LogP contribution in [-0.2, 0) is 11.8 Å². The van der Waals surface area contributed by atoms with Crippen LogP contribution in [-0.4, -0.2) is 36.6 Å². The van der Waals surface area contributed by atoms with Crippen LogP contribution in [0.4, 0.5) is 16.3 Å². The van der Waals surface area contributed by atoms with Crippen molar-refractivity contribution < 1.29 is 19.0 Å². The highest BCUT2D eigenvalue weighted by Gasteiger charge is 2.22.